The highest BCUT2D eigenvalue weighted by molar-refractivity contribution is 5.43. The quantitative estimate of drug-likeness (QED) is 0.614. The molecule has 0 aliphatic rings. The van der Waals surface area contributed by atoms with Gasteiger partial charge in [0.25, 0.3) is 5.69 Å². The van der Waals surface area contributed by atoms with Crippen LogP contribution in [0.3, 0.4) is 0 Å². The molecular formula is C10H13FN2O2. The van der Waals surface area contributed by atoms with Crippen LogP contribution in [0.5, 0.6) is 0 Å². The Morgan fingerprint density at radius 3 is 2.80 bits per heavy atom. The molecule has 0 aliphatic carbocycles. The number of nitro groups is 1. The van der Waals surface area contributed by atoms with E-state index in [0.717, 1.165) is 0 Å². The third-order valence-electron chi connectivity index (χ3n) is 2.28. The molecule has 0 saturated heterocycles. The minimum atomic E-state index is -0.525. The number of nitrogens with two attached hydrogens (primary N) is 1. The van der Waals surface area contributed by atoms with Crippen molar-refractivity contribution in [3.05, 3.63) is 39.4 Å². The highest BCUT2D eigenvalue weighted by Crippen LogP contribution is 2.23. The molecule has 0 bridgehead atoms. The van der Waals surface area contributed by atoms with Gasteiger partial charge in [0.15, 0.2) is 0 Å². The first-order chi connectivity index (χ1) is 7.06. The maximum Gasteiger partial charge on any atom is 0.272 e. The van der Waals surface area contributed by atoms with Crippen LogP contribution < -0.4 is 5.73 Å². The molecule has 1 aromatic carbocycles. The van der Waals surface area contributed by atoms with Crippen LogP contribution >= 0.6 is 0 Å². The number of nitrogens with zero attached hydrogens (tertiary/aromatic N) is 1. The molecule has 82 valence electrons. The molecule has 4 nitrogen and oxygen atoms in total. The zero-order valence-electron chi connectivity index (χ0n) is 8.44. The third-order valence-corrected chi connectivity index (χ3v) is 2.28. The predicted molar refractivity (Wildman–Crippen MR) is 55.4 cm³/mol. The van der Waals surface area contributed by atoms with Crippen LogP contribution in [0.1, 0.15) is 23.6 Å². The molecule has 0 saturated carbocycles. The van der Waals surface area contributed by atoms with E-state index < -0.39 is 17.6 Å². The summed E-state index contributed by atoms with van der Waals surface area (Å²) in [4.78, 5) is 10.2. The first kappa shape index (κ1) is 11.6. The van der Waals surface area contributed by atoms with Crippen LogP contribution in [0.15, 0.2) is 18.2 Å². The van der Waals surface area contributed by atoms with Crippen molar-refractivity contribution >= 4 is 5.69 Å². The standard InChI is InChI=1S/C10H13FN2O2/c1-7-2-3-8(9(12)4-5-11)6-10(7)13(14)15/h2-3,6,9H,4-5,12H2,1H3/t9-/m1/s1. The van der Waals surface area contributed by atoms with E-state index in [9.17, 15) is 14.5 Å². The van der Waals surface area contributed by atoms with Gasteiger partial charge in [-0.15, -0.1) is 0 Å². The Bertz CT molecular complexity index is 368. The van der Waals surface area contributed by atoms with Gasteiger partial charge in [-0.2, -0.15) is 0 Å². The summed E-state index contributed by atoms with van der Waals surface area (Å²) in [7, 11) is 0. The Hall–Kier alpha value is -1.49. The number of rotatable bonds is 4. The van der Waals surface area contributed by atoms with Gasteiger partial charge < -0.3 is 5.73 Å². The number of hydrogen-bond acceptors (Lipinski definition) is 3. The molecule has 0 fully saturated rings. The summed E-state index contributed by atoms with van der Waals surface area (Å²) in [5.74, 6) is 0. The van der Waals surface area contributed by atoms with Gasteiger partial charge in [-0.25, -0.2) is 0 Å². The number of aryl methyl sites for hydroxylation is 1. The molecule has 5 heteroatoms. The molecule has 1 rings (SSSR count). The van der Waals surface area contributed by atoms with Gasteiger partial charge in [0, 0.05) is 17.7 Å². The van der Waals surface area contributed by atoms with Crippen molar-refractivity contribution in [2.75, 3.05) is 6.67 Å². The van der Waals surface area contributed by atoms with E-state index >= 15 is 0 Å². The largest absolute Gasteiger partial charge is 0.324 e. The second-order valence-corrected chi connectivity index (χ2v) is 3.39. The molecule has 0 aromatic heterocycles. The molecule has 0 heterocycles. The van der Waals surface area contributed by atoms with Gasteiger partial charge in [0.1, 0.15) is 0 Å². The summed E-state index contributed by atoms with van der Waals surface area (Å²) < 4.78 is 12.1. The number of hydrogen-bond donors (Lipinski definition) is 1. The molecule has 1 atom stereocenters. The number of benzene rings is 1. The Balaban J connectivity index is 3.02. The molecule has 1 aromatic rings. The lowest BCUT2D eigenvalue weighted by molar-refractivity contribution is -0.385. The Labute approximate surface area is 87.0 Å². The smallest absolute Gasteiger partial charge is 0.272 e. The van der Waals surface area contributed by atoms with Crippen LogP contribution in [0, 0.1) is 17.0 Å². The second kappa shape index (κ2) is 4.84. The Morgan fingerprint density at radius 1 is 1.60 bits per heavy atom. The number of halogens is 1. The molecule has 15 heavy (non-hydrogen) atoms. The van der Waals surface area contributed by atoms with Crippen LogP contribution in [-0.4, -0.2) is 11.6 Å². The summed E-state index contributed by atoms with van der Waals surface area (Å²) in [5.41, 5.74) is 6.87. The van der Waals surface area contributed by atoms with Crippen molar-refractivity contribution in [1.82, 2.24) is 0 Å². The predicted octanol–water partition coefficient (Wildman–Crippen LogP) is 2.26. The maximum atomic E-state index is 12.1. The van der Waals surface area contributed by atoms with Crippen LogP contribution in [0.25, 0.3) is 0 Å². The van der Waals surface area contributed by atoms with Crippen molar-refractivity contribution in [2.24, 2.45) is 5.73 Å². The van der Waals surface area contributed by atoms with Gasteiger partial charge in [-0.05, 0) is 18.9 Å². The fourth-order valence-corrected chi connectivity index (χ4v) is 1.34. The molecule has 0 spiro atoms. The average molecular weight is 212 g/mol. The van der Waals surface area contributed by atoms with E-state index in [1.54, 1.807) is 19.1 Å². The molecule has 0 aliphatic heterocycles. The van der Waals surface area contributed by atoms with Crippen molar-refractivity contribution in [3.63, 3.8) is 0 Å². The fourth-order valence-electron chi connectivity index (χ4n) is 1.34. The Morgan fingerprint density at radius 2 is 2.27 bits per heavy atom. The van der Waals surface area contributed by atoms with Crippen LogP contribution in [0.2, 0.25) is 0 Å². The molecule has 2 N–H and O–H groups in total. The zero-order chi connectivity index (χ0) is 11.4. The first-order valence-electron chi connectivity index (χ1n) is 4.62. The lowest BCUT2D eigenvalue weighted by Crippen LogP contribution is -2.11. The summed E-state index contributed by atoms with van der Waals surface area (Å²) in [6.07, 6.45) is 0.181. The van der Waals surface area contributed by atoms with Gasteiger partial charge in [0.05, 0.1) is 11.6 Å². The zero-order valence-corrected chi connectivity index (χ0v) is 8.44. The van der Waals surface area contributed by atoms with E-state index in [-0.39, 0.29) is 12.1 Å². The van der Waals surface area contributed by atoms with Crippen LogP contribution in [0.4, 0.5) is 10.1 Å². The van der Waals surface area contributed by atoms with Gasteiger partial charge in [-0.3, -0.25) is 14.5 Å². The van der Waals surface area contributed by atoms with Gasteiger partial charge in [0.2, 0.25) is 0 Å². The first-order valence-corrected chi connectivity index (χ1v) is 4.62. The van der Waals surface area contributed by atoms with E-state index in [1.807, 2.05) is 0 Å². The summed E-state index contributed by atoms with van der Waals surface area (Å²) in [5, 5.41) is 10.6. The van der Waals surface area contributed by atoms with E-state index in [1.165, 1.54) is 6.07 Å². The number of nitro benzene ring substituents is 1. The fraction of sp³-hybridized carbons (Fsp3) is 0.400. The number of alkyl halides is 1. The van der Waals surface area contributed by atoms with Gasteiger partial charge in [-0.1, -0.05) is 12.1 Å². The second-order valence-electron chi connectivity index (χ2n) is 3.39. The molecular weight excluding hydrogens is 199 g/mol. The molecule has 0 amide bonds. The molecule has 0 unspecified atom stereocenters. The third kappa shape index (κ3) is 2.73. The minimum absolute atomic E-state index is 0.0295. The maximum absolute atomic E-state index is 12.1. The van der Waals surface area contributed by atoms with Crippen molar-refractivity contribution in [2.45, 2.75) is 19.4 Å². The highest BCUT2D eigenvalue weighted by atomic mass is 19.1. The van der Waals surface area contributed by atoms with Crippen molar-refractivity contribution in [3.8, 4) is 0 Å². The van der Waals surface area contributed by atoms with Crippen LogP contribution in [-0.2, 0) is 0 Å². The highest BCUT2D eigenvalue weighted by Gasteiger charge is 2.14. The van der Waals surface area contributed by atoms with Crippen molar-refractivity contribution in [1.29, 1.82) is 0 Å². The monoisotopic (exact) mass is 212 g/mol. The SMILES string of the molecule is Cc1ccc([C@H](N)CCF)cc1[N+](=O)[O-]. The van der Waals surface area contributed by atoms with E-state index in [2.05, 4.69) is 0 Å². The topological polar surface area (TPSA) is 69.2 Å². The van der Waals surface area contributed by atoms with E-state index in [0.29, 0.717) is 11.1 Å². The summed E-state index contributed by atoms with van der Waals surface area (Å²) >= 11 is 0. The van der Waals surface area contributed by atoms with E-state index in [4.69, 9.17) is 5.73 Å². The lowest BCUT2D eigenvalue weighted by Gasteiger charge is -2.09. The lowest BCUT2D eigenvalue weighted by atomic mass is 10.0. The summed E-state index contributed by atoms with van der Waals surface area (Å²) in [6.45, 7) is 1.13. The molecule has 0 radical (unpaired) electrons. The normalized spacial score (nSPS) is 12.5. The van der Waals surface area contributed by atoms with Gasteiger partial charge >= 0.3 is 0 Å². The minimum Gasteiger partial charge on any atom is -0.324 e. The Kier molecular flexibility index (Phi) is 3.74. The summed E-state index contributed by atoms with van der Waals surface area (Å²) in [6, 6.07) is 4.26. The average Bonchev–Trinajstić information content (AvgIpc) is 2.18. The van der Waals surface area contributed by atoms with Crippen molar-refractivity contribution < 1.29 is 9.31 Å².